The van der Waals surface area contributed by atoms with Gasteiger partial charge in [0.25, 0.3) is 0 Å². The van der Waals surface area contributed by atoms with Crippen LogP contribution in [0.1, 0.15) is 31.3 Å². The quantitative estimate of drug-likeness (QED) is 0.612. The highest BCUT2D eigenvalue weighted by Gasteiger charge is 2.25. The Labute approximate surface area is 107 Å². The molecule has 1 aromatic heterocycles. The van der Waals surface area contributed by atoms with Gasteiger partial charge < -0.3 is 10.3 Å². The number of nitrogens with zero attached hydrogens (tertiary/aromatic N) is 3. The number of carbonyl (C=O) groups is 1. The summed E-state index contributed by atoms with van der Waals surface area (Å²) in [6, 6.07) is 1.77. The lowest BCUT2D eigenvalue weighted by Crippen LogP contribution is -2.40. The van der Waals surface area contributed by atoms with E-state index in [0.29, 0.717) is 18.2 Å². The van der Waals surface area contributed by atoms with Crippen molar-refractivity contribution in [3.63, 3.8) is 0 Å². The molecule has 18 heavy (non-hydrogen) atoms. The van der Waals surface area contributed by atoms with Crippen LogP contribution in [0.25, 0.3) is 0 Å². The first kappa shape index (κ1) is 12.8. The van der Waals surface area contributed by atoms with Gasteiger partial charge in [-0.05, 0) is 19.8 Å². The number of amides is 1. The highest BCUT2D eigenvalue weighted by molar-refractivity contribution is 5.79. The van der Waals surface area contributed by atoms with Crippen LogP contribution in [-0.2, 0) is 11.3 Å². The van der Waals surface area contributed by atoms with Crippen molar-refractivity contribution >= 4 is 11.7 Å². The van der Waals surface area contributed by atoms with E-state index in [-0.39, 0.29) is 11.8 Å². The second kappa shape index (κ2) is 5.30. The van der Waals surface area contributed by atoms with Gasteiger partial charge in [0.2, 0.25) is 5.91 Å². The summed E-state index contributed by atoms with van der Waals surface area (Å²) < 4.78 is 0. The van der Waals surface area contributed by atoms with E-state index >= 15 is 0 Å². The molecule has 0 radical (unpaired) electrons. The van der Waals surface area contributed by atoms with Crippen molar-refractivity contribution < 1.29 is 4.79 Å². The van der Waals surface area contributed by atoms with Crippen molar-refractivity contribution in [1.82, 2.24) is 14.9 Å². The lowest BCUT2D eigenvalue weighted by Gasteiger charge is -2.30. The topological polar surface area (TPSA) is 84.1 Å². The number of aryl methyl sites for hydroxylation is 1. The molecule has 0 bridgehead atoms. The number of piperidine rings is 1. The third-order valence-electron chi connectivity index (χ3n) is 3.18. The first-order valence-electron chi connectivity index (χ1n) is 6.20. The fourth-order valence-corrected chi connectivity index (χ4v) is 2.24. The van der Waals surface area contributed by atoms with Gasteiger partial charge in [0.15, 0.2) is 0 Å². The number of carbonyl (C=O) groups excluding carboxylic acids is 1. The zero-order chi connectivity index (χ0) is 13.1. The zero-order valence-corrected chi connectivity index (χ0v) is 10.8. The normalized spacial score (nSPS) is 20.1. The van der Waals surface area contributed by atoms with Crippen LogP contribution in [0.2, 0.25) is 0 Å². The van der Waals surface area contributed by atoms with Crippen LogP contribution in [-0.4, -0.2) is 27.3 Å². The molecule has 0 saturated carbocycles. The Kier molecular flexibility index (Phi) is 3.76. The number of anilines is 1. The summed E-state index contributed by atoms with van der Waals surface area (Å²) in [5, 5.41) is 0. The second-order valence-electron chi connectivity index (χ2n) is 4.76. The maximum absolute atomic E-state index is 12.0. The minimum Gasteiger partial charge on any atom is -0.335 e. The minimum absolute atomic E-state index is 0.107. The summed E-state index contributed by atoms with van der Waals surface area (Å²) in [6.45, 7) is 5.09. The standard InChI is InChI=1S/C12H19N5O/c1-8-4-3-5-17(12(8)18)7-11-14-9(2)6-10(15-11)16-13/h6,8H,3-5,7,13H2,1-2H3,(H,14,15,16). The highest BCUT2D eigenvalue weighted by Crippen LogP contribution is 2.19. The minimum atomic E-state index is 0.107. The zero-order valence-electron chi connectivity index (χ0n) is 10.8. The van der Waals surface area contributed by atoms with E-state index in [1.54, 1.807) is 6.07 Å². The molecule has 3 N–H and O–H groups in total. The van der Waals surface area contributed by atoms with E-state index in [9.17, 15) is 4.79 Å². The molecule has 1 saturated heterocycles. The van der Waals surface area contributed by atoms with Gasteiger partial charge in [0.05, 0.1) is 6.54 Å². The molecule has 1 atom stereocenters. The van der Waals surface area contributed by atoms with Gasteiger partial charge in [-0.25, -0.2) is 15.8 Å². The number of rotatable bonds is 3. The van der Waals surface area contributed by atoms with Crippen molar-refractivity contribution in [2.45, 2.75) is 33.2 Å². The molecule has 2 heterocycles. The number of nitrogens with one attached hydrogen (secondary N) is 1. The van der Waals surface area contributed by atoms with Crippen molar-refractivity contribution in [3.05, 3.63) is 17.6 Å². The van der Waals surface area contributed by atoms with Gasteiger partial charge in [-0.15, -0.1) is 0 Å². The smallest absolute Gasteiger partial charge is 0.225 e. The van der Waals surface area contributed by atoms with Crippen LogP contribution in [0.4, 0.5) is 5.82 Å². The Morgan fingerprint density at radius 2 is 2.33 bits per heavy atom. The van der Waals surface area contributed by atoms with Crippen molar-refractivity contribution in [3.8, 4) is 0 Å². The Bertz CT molecular complexity index is 448. The monoisotopic (exact) mass is 249 g/mol. The average Bonchev–Trinajstić information content (AvgIpc) is 2.34. The van der Waals surface area contributed by atoms with Crippen molar-refractivity contribution in [2.24, 2.45) is 11.8 Å². The van der Waals surface area contributed by atoms with Gasteiger partial charge in [-0.3, -0.25) is 4.79 Å². The third-order valence-corrected chi connectivity index (χ3v) is 3.18. The summed E-state index contributed by atoms with van der Waals surface area (Å²) in [5.41, 5.74) is 3.35. The van der Waals surface area contributed by atoms with E-state index in [1.165, 1.54) is 0 Å². The number of likely N-dealkylation sites (tertiary alicyclic amines) is 1. The van der Waals surface area contributed by atoms with Crippen LogP contribution in [0, 0.1) is 12.8 Å². The molecule has 1 unspecified atom stereocenters. The van der Waals surface area contributed by atoms with E-state index in [2.05, 4.69) is 15.4 Å². The second-order valence-corrected chi connectivity index (χ2v) is 4.76. The SMILES string of the molecule is Cc1cc(NN)nc(CN2CCCC(C)C2=O)n1. The Hall–Kier alpha value is -1.69. The molecule has 6 heteroatoms. The molecule has 1 fully saturated rings. The summed E-state index contributed by atoms with van der Waals surface area (Å²) in [7, 11) is 0. The fourth-order valence-electron chi connectivity index (χ4n) is 2.24. The molecule has 0 aliphatic carbocycles. The Balaban J connectivity index is 2.13. The molecule has 2 rings (SSSR count). The maximum atomic E-state index is 12.0. The molecule has 1 aliphatic heterocycles. The Morgan fingerprint density at radius 3 is 3.06 bits per heavy atom. The largest absolute Gasteiger partial charge is 0.335 e. The highest BCUT2D eigenvalue weighted by atomic mass is 16.2. The molecule has 1 amide bonds. The van der Waals surface area contributed by atoms with Crippen LogP contribution in [0.15, 0.2) is 6.07 Å². The molecule has 0 aromatic carbocycles. The summed E-state index contributed by atoms with van der Waals surface area (Å²) in [6.07, 6.45) is 2.01. The maximum Gasteiger partial charge on any atom is 0.225 e. The van der Waals surface area contributed by atoms with E-state index < -0.39 is 0 Å². The summed E-state index contributed by atoms with van der Waals surface area (Å²) in [5.74, 6) is 6.85. The number of hydrazine groups is 1. The predicted octanol–water partition coefficient (Wildman–Crippen LogP) is 0.829. The van der Waals surface area contributed by atoms with Crippen molar-refractivity contribution in [2.75, 3.05) is 12.0 Å². The number of hydrogen-bond donors (Lipinski definition) is 2. The molecule has 1 aromatic rings. The number of nitrogens with two attached hydrogens (primary N) is 1. The fraction of sp³-hybridized carbons (Fsp3) is 0.583. The van der Waals surface area contributed by atoms with Crippen LogP contribution in [0.5, 0.6) is 0 Å². The average molecular weight is 249 g/mol. The number of aromatic nitrogens is 2. The molecular weight excluding hydrogens is 230 g/mol. The number of hydrogen-bond acceptors (Lipinski definition) is 5. The molecule has 6 nitrogen and oxygen atoms in total. The van der Waals surface area contributed by atoms with Crippen LogP contribution < -0.4 is 11.3 Å². The third kappa shape index (κ3) is 2.76. The van der Waals surface area contributed by atoms with Gasteiger partial charge in [0.1, 0.15) is 11.6 Å². The first-order valence-corrected chi connectivity index (χ1v) is 6.20. The lowest BCUT2D eigenvalue weighted by atomic mass is 9.99. The van der Waals surface area contributed by atoms with Gasteiger partial charge in [-0.1, -0.05) is 6.92 Å². The van der Waals surface area contributed by atoms with Crippen molar-refractivity contribution in [1.29, 1.82) is 0 Å². The van der Waals surface area contributed by atoms with E-state index in [4.69, 9.17) is 5.84 Å². The van der Waals surface area contributed by atoms with Gasteiger partial charge >= 0.3 is 0 Å². The summed E-state index contributed by atoms with van der Waals surface area (Å²) in [4.78, 5) is 22.4. The lowest BCUT2D eigenvalue weighted by molar-refractivity contribution is -0.138. The predicted molar refractivity (Wildman–Crippen MR) is 68.4 cm³/mol. The molecule has 98 valence electrons. The van der Waals surface area contributed by atoms with E-state index in [0.717, 1.165) is 25.1 Å². The first-order chi connectivity index (χ1) is 8.60. The van der Waals surface area contributed by atoms with Gasteiger partial charge in [0, 0.05) is 24.2 Å². The van der Waals surface area contributed by atoms with Crippen LogP contribution >= 0.6 is 0 Å². The molecule has 1 aliphatic rings. The molecule has 0 spiro atoms. The molecular formula is C12H19N5O. The van der Waals surface area contributed by atoms with Gasteiger partial charge in [-0.2, -0.15) is 0 Å². The van der Waals surface area contributed by atoms with Crippen LogP contribution in [0.3, 0.4) is 0 Å². The summed E-state index contributed by atoms with van der Waals surface area (Å²) >= 11 is 0. The Morgan fingerprint density at radius 1 is 1.56 bits per heavy atom. The number of nitrogen functional groups attached to an aromatic ring is 1. The van der Waals surface area contributed by atoms with E-state index in [1.807, 2.05) is 18.7 Å².